The fourth-order valence-electron chi connectivity index (χ4n) is 1.22. The normalized spacial score (nSPS) is 13.1. The molecule has 1 aromatic heterocycles. The number of aromatic nitrogens is 2. The smallest absolute Gasteiger partial charge is 0.204 e. The molecule has 0 N–H and O–H groups in total. The van der Waals surface area contributed by atoms with Crippen LogP contribution in [0.25, 0.3) is 0 Å². The van der Waals surface area contributed by atoms with Crippen molar-refractivity contribution in [1.82, 2.24) is 9.36 Å². The highest BCUT2D eigenvalue weighted by molar-refractivity contribution is 7.09. The number of hydrogen-bond acceptors (Lipinski definition) is 5. The van der Waals surface area contributed by atoms with Crippen LogP contribution in [0.1, 0.15) is 25.6 Å². The largest absolute Gasteiger partial charge is 0.383 e. The van der Waals surface area contributed by atoms with E-state index in [1.165, 1.54) is 11.5 Å². The molecule has 0 spiro atoms. The Bertz CT molecular complexity index is 319. The summed E-state index contributed by atoms with van der Waals surface area (Å²) in [4.78, 5) is 6.47. The van der Waals surface area contributed by atoms with E-state index in [1.54, 1.807) is 7.11 Å². The first kappa shape index (κ1) is 13.7. The van der Waals surface area contributed by atoms with Gasteiger partial charge in [0.15, 0.2) is 0 Å². The molecule has 1 heterocycles. The van der Waals surface area contributed by atoms with E-state index in [-0.39, 0.29) is 5.38 Å². The predicted octanol–water partition coefficient (Wildman–Crippen LogP) is 2.35. The molecule has 1 atom stereocenters. The Hall–Kier alpha value is -0.390. The lowest BCUT2D eigenvalue weighted by Crippen LogP contribution is -2.28. The molecule has 0 saturated heterocycles. The van der Waals surface area contributed by atoms with Crippen LogP contribution >= 0.6 is 23.1 Å². The van der Waals surface area contributed by atoms with Crippen molar-refractivity contribution in [2.75, 3.05) is 32.2 Å². The van der Waals surface area contributed by atoms with Crippen molar-refractivity contribution in [2.45, 2.75) is 25.1 Å². The molecule has 4 nitrogen and oxygen atoms in total. The van der Waals surface area contributed by atoms with Gasteiger partial charge in [0.25, 0.3) is 0 Å². The summed E-state index contributed by atoms with van der Waals surface area (Å²) in [6.07, 6.45) is 0. The highest BCUT2D eigenvalue weighted by Crippen LogP contribution is 2.20. The van der Waals surface area contributed by atoms with Crippen LogP contribution in [0.5, 0.6) is 0 Å². The Labute approximate surface area is 106 Å². The topological polar surface area (TPSA) is 38.2 Å². The molecule has 16 heavy (non-hydrogen) atoms. The van der Waals surface area contributed by atoms with Gasteiger partial charge in [-0.15, -0.1) is 11.6 Å². The van der Waals surface area contributed by atoms with Gasteiger partial charge in [0.05, 0.1) is 12.0 Å². The van der Waals surface area contributed by atoms with E-state index >= 15 is 0 Å². The standard InChI is InChI=1S/C10H18ClN3OS/c1-7(2)9-12-10(16-13-9)14(3)5-8(11)6-15-4/h7-8H,5-6H2,1-4H3. The fraction of sp³-hybridized carbons (Fsp3) is 0.800. The summed E-state index contributed by atoms with van der Waals surface area (Å²) >= 11 is 7.50. The molecule has 0 aromatic carbocycles. The van der Waals surface area contributed by atoms with Crippen molar-refractivity contribution in [3.8, 4) is 0 Å². The lowest BCUT2D eigenvalue weighted by Gasteiger charge is -2.18. The molecular formula is C10H18ClN3OS. The van der Waals surface area contributed by atoms with Crippen LogP contribution in [0.4, 0.5) is 5.13 Å². The van der Waals surface area contributed by atoms with Crippen molar-refractivity contribution in [3.05, 3.63) is 5.82 Å². The maximum atomic E-state index is 6.08. The molecule has 6 heteroatoms. The van der Waals surface area contributed by atoms with E-state index in [1.807, 2.05) is 11.9 Å². The molecule has 0 aliphatic carbocycles. The summed E-state index contributed by atoms with van der Waals surface area (Å²) in [6, 6.07) is 0. The van der Waals surface area contributed by atoms with Crippen LogP contribution < -0.4 is 4.90 Å². The van der Waals surface area contributed by atoms with Crippen LogP contribution in [0.3, 0.4) is 0 Å². The predicted molar refractivity (Wildman–Crippen MR) is 68.8 cm³/mol. The zero-order valence-electron chi connectivity index (χ0n) is 10.1. The quantitative estimate of drug-likeness (QED) is 0.739. The van der Waals surface area contributed by atoms with Gasteiger partial charge < -0.3 is 9.64 Å². The van der Waals surface area contributed by atoms with E-state index in [0.29, 0.717) is 19.1 Å². The van der Waals surface area contributed by atoms with Crippen molar-refractivity contribution >= 4 is 28.3 Å². The second-order valence-corrected chi connectivity index (χ2v) is 5.37. The number of hydrogen-bond donors (Lipinski definition) is 0. The summed E-state index contributed by atoms with van der Waals surface area (Å²) in [5.74, 6) is 1.26. The number of rotatable bonds is 6. The Morgan fingerprint density at radius 3 is 2.69 bits per heavy atom. The molecule has 1 unspecified atom stereocenters. The van der Waals surface area contributed by atoms with Crippen LogP contribution in [0.15, 0.2) is 0 Å². The second kappa shape index (κ2) is 6.37. The zero-order valence-corrected chi connectivity index (χ0v) is 11.7. The number of alkyl halides is 1. The molecule has 0 aliphatic rings. The van der Waals surface area contributed by atoms with Crippen LogP contribution in [-0.4, -0.2) is 42.0 Å². The highest BCUT2D eigenvalue weighted by atomic mass is 35.5. The van der Waals surface area contributed by atoms with Crippen LogP contribution in [0, 0.1) is 0 Å². The third-order valence-electron chi connectivity index (χ3n) is 2.09. The minimum Gasteiger partial charge on any atom is -0.383 e. The number of ether oxygens (including phenoxy) is 1. The van der Waals surface area contributed by atoms with E-state index in [9.17, 15) is 0 Å². The summed E-state index contributed by atoms with van der Waals surface area (Å²) < 4.78 is 9.30. The number of halogens is 1. The van der Waals surface area contributed by atoms with Gasteiger partial charge in [0.2, 0.25) is 5.13 Å². The highest BCUT2D eigenvalue weighted by Gasteiger charge is 2.14. The van der Waals surface area contributed by atoms with Crippen LogP contribution in [0.2, 0.25) is 0 Å². The fourth-order valence-corrected chi connectivity index (χ4v) is 2.33. The monoisotopic (exact) mass is 263 g/mol. The molecule has 1 aromatic rings. The summed E-state index contributed by atoms with van der Waals surface area (Å²) in [7, 11) is 3.62. The first-order valence-corrected chi connectivity index (χ1v) is 6.43. The summed E-state index contributed by atoms with van der Waals surface area (Å²) in [6.45, 7) is 5.42. The molecule has 92 valence electrons. The Morgan fingerprint density at radius 1 is 1.50 bits per heavy atom. The number of nitrogens with zero attached hydrogens (tertiary/aromatic N) is 3. The van der Waals surface area contributed by atoms with Gasteiger partial charge in [-0.1, -0.05) is 13.8 Å². The van der Waals surface area contributed by atoms with Gasteiger partial charge in [-0.05, 0) is 0 Å². The second-order valence-electron chi connectivity index (χ2n) is 4.02. The third kappa shape index (κ3) is 3.88. The molecule has 0 fully saturated rings. The maximum Gasteiger partial charge on any atom is 0.204 e. The van der Waals surface area contributed by atoms with Gasteiger partial charge in [0, 0.05) is 38.2 Å². The first-order chi connectivity index (χ1) is 7.54. The lowest BCUT2D eigenvalue weighted by molar-refractivity contribution is 0.199. The average molecular weight is 264 g/mol. The molecule has 0 amide bonds. The third-order valence-corrected chi connectivity index (χ3v) is 3.20. The van der Waals surface area contributed by atoms with Crippen LogP contribution in [-0.2, 0) is 4.74 Å². The minimum absolute atomic E-state index is 0.0265. The Balaban J connectivity index is 2.55. The first-order valence-electron chi connectivity index (χ1n) is 5.22. The average Bonchev–Trinajstić information content (AvgIpc) is 2.66. The summed E-state index contributed by atoms with van der Waals surface area (Å²) in [5, 5.41) is 0.881. The van der Waals surface area contributed by atoms with Gasteiger partial charge >= 0.3 is 0 Å². The van der Waals surface area contributed by atoms with E-state index in [0.717, 1.165) is 11.0 Å². The molecule has 1 rings (SSSR count). The maximum absolute atomic E-state index is 6.08. The van der Waals surface area contributed by atoms with Crippen molar-refractivity contribution in [1.29, 1.82) is 0 Å². The van der Waals surface area contributed by atoms with E-state index in [2.05, 4.69) is 23.2 Å². The number of methoxy groups -OCH3 is 1. The van der Waals surface area contributed by atoms with Crippen molar-refractivity contribution in [3.63, 3.8) is 0 Å². The molecule has 0 bridgehead atoms. The molecule has 0 aliphatic heterocycles. The van der Waals surface area contributed by atoms with Gasteiger partial charge in [0.1, 0.15) is 5.82 Å². The molecular weight excluding hydrogens is 246 g/mol. The Morgan fingerprint density at radius 2 is 2.19 bits per heavy atom. The van der Waals surface area contributed by atoms with E-state index < -0.39 is 0 Å². The number of anilines is 1. The summed E-state index contributed by atoms with van der Waals surface area (Å²) in [5.41, 5.74) is 0. The van der Waals surface area contributed by atoms with Crippen molar-refractivity contribution in [2.24, 2.45) is 0 Å². The molecule has 0 saturated carbocycles. The molecule has 0 radical (unpaired) electrons. The van der Waals surface area contributed by atoms with Gasteiger partial charge in [-0.3, -0.25) is 0 Å². The van der Waals surface area contributed by atoms with Gasteiger partial charge in [-0.2, -0.15) is 4.37 Å². The zero-order chi connectivity index (χ0) is 12.1. The van der Waals surface area contributed by atoms with E-state index in [4.69, 9.17) is 16.3 Å². The van der Waals surface area contributed by atoms with Gasteiger partial charge in [-0.25, -0.2) is 4.98 Å². The lowest BCUT2D eigenvalue weighted by atomic mass is 10.2. The van der Waals surface area contributed by atoms with Crippen molar-refractivity contribution < 1.29 is 4.74 Å². The Kier molecular flexibility index (Phi) is 5.44. The minimum atomic E-state index is -0.0265. The SMILES string of the molecule is COCC(Cl)CN(C)c1nc(C(C)C)ns1.